The first kappa shape index (κ1) is 17.4. The van der Waals surface area contributed by atoms with Gasteiger partial charge in [0.1, 0.15) is 0 Å². The van der Waals surface area contributed by atoms with Crippen molar-refractivity contribution in [3.8, 4) is 0 Å². The highest BCUT2D eigenvalue weighted by atomic mass is 16.5. The fourth-order valence-electron chi connectivity index (χ4n) is 4.79. The van der Waals surface area contributed by atoms with Crippen molar-refractivity contribution in [1.82, 2.24) is 9.80 Å². The second kappa shape index (κ2) is 7.22. The van der Waals surface area contributed by atoms with Crippen LogP contribution in [0.4, 0.5) is 0 Å². The molecular weight excluding hydrogens is 288 g/mol. The quantitative estimate of drug-likeness (QED) is 0.806. The van der Waals surface area contributed by atoms with Gasteiger partial charge in [-0.3, -0.25) is 9.80 Å². The third-order valence-electron chi connectivity index (χ3n) is 6.21. The SMILES string of the molecule is CC1=C(CCN2C[C@H](O)[C@@H](N3CCOCC3)C2)C(C)(C)CCC1. The van der Waals surface area contributed by atoms with Gasteiger partial charge in [-0.1, -0.05) is 25.0 Å². The van der Waals surface area contributed by atoms with Gasteiger partial charge in [0, 0.05) is 38.8 Å². The molecule has 0 saturated carbocycles. The first-order chi connectivity index (χ1) is 11.0. The van der Waals surface area contributed by atoms with Crippen molar-refractivity contribution in [3.63, 3.8) is 0 Å². The van der Waals surface area contributed by atoms with E-state index in [9.17, 15) is 5.11 Å². The van der Waals surface area contributed by atoms with Crippen LogP contribution in [0.15, 0.2) is 11.1 Å². The number of likely N-dealkylation sites (tertiary alicyclic amines) is 1. The number of β-amino-alcohol motifs (C(OH)–C–C–N with tert-alkyl or cyclic N) is 1. The van der Waals surface area contributed by atoms with E-state index in [0.717, 1.165) is 45.9 Å². The average molecular weight is 322 g/mol. The minimum atomic E-state index is -0.206. The molecule has 0 aromatic rings. The maximum absolute atomic E-state index is 10.5. The third kappa shape index (κ3) is 3.98. The van der Waals surface area contributed by atoms with E-state index in [1.165, 1.54) is 25.7 Å². The molecule has 2 fully saturated rings. The summed E-state index contributed by atoms with van der Waals surface area (Å²) < 4.78 is 5.44. The summed E-state index contributed by atoms with van der Waals surface area (Å²) in [4.78, 5) is 4.89. The summed E-state index contributed by atoms with van der Waals surface area (Å²) in [5.74, 6) is 0. The fourth-order valence-corrected chi connectivity index (χ4v) is 4.79. The molecule has 0 unspecified atom stereocenters. The lowest BCUT2D eigenvalue weighted by Gasteiger charge is -2.36. The van der Waals surface area contributed by atoms with Gasteiger partial charge >= 0.3 is 0 Å². The molecule has 0 aromatic carbocycles. The van der Waals surface area contributed by atoms with Crippen LogP contribution >= 0.6 is 0 Å². The summed E-state index contributed by atoms with van der Waals surface area (Å²) in [7, 11) is 0. The fraction of sp³-hybridized carbons (Fsp3) is 0.895. The van der Waals surface area contributed by atoms with Crippen LogP contribution in [-0.2, 0) is 4.74 Å². The minimum absolute atomic E-state index is 0.206. The molecule has 0 radical (unpaired) electrons. The molecule has 2 heterocycles. The van der Waals surface area contributed by atoms with E-state index in [1.807, 2.05) is 0 Å². The van der Waals surface area contributed by atoms with E-state index in [2.05, 4.69) is 30.6 Å². The molecule has 2 aliphatic heterocycles. The molecule has 4 heteroatoms. The molecule has 1 aliphatic carbocycles. The van der Waals surface area contributed by atoms with Gasteiger partial charge in [-0.15, -0.1) is 0 Å². The van der Waals surface area contributed by atoms with Crippen LogP contribution in [0.2, 0.25) is 0 Å². The lowest BCUT2D eigenvalue weighted by atomic mass is 9.71. The van der Waals surface area contributed by atoms with Gasteiger partial charge in [0.2, 0.25) is 0 Å². The smallest absolute Gasteiger partial charge is 0.0834 e. The Morgan fingerprint density at radius 2 is 1.96 bits per heavy atom. The van der Waals surface area contributed by atoms with Crippen molar-refractivity contribution >= 4 is 0 Å². The number of aliphatic hydroxyl groups is 1. The average Bonchev–Trinajstić information content (AvgIpc) is 2.88. The molecule has 0 spiro atoms. The van der Waals surface area contributed by atoms with Crippen molar-refractivity contribution in [3.05, 3.63) is 11.1 Å². The summed E-state index contributed by atoms with van der Waals surface area (Å²) in [5.41, 5.74) is 3.66. The highest BCUT2D eigenvalue weighted by molar-refractivity contribution is 5.22. The number of rotatable bonds is 4. The Balaban J connectivity index is 1.55. The molecule has 3 rings (SSSR count). The second-order valence-electron chi connectivity index (χ2n) is 8.29. The molecule has 23 heavy (non-hydrogen) atoms. The van der Waals surface area contributed by atoms with E-state index in [1.54, 1.807) is 11.1 Å². The molecular formula is C19H34N2O2. The predicted molar refractivity (Wildman–Crippen MR) is 93.6 cm³/mol. The Hall–Kier alpha value is -0.420. The van der Waals surface area contributed by atoms with Crippen LogP contribution in [0.1, 0.15) is 46.5 Å². The minimum Gasteiger partial charge on any atom is -0.390 e. The summed E-state index contributed by atoms with van der Waals surface area (Å²) in [5, 5.41) is 10.5. The Morgan fingerprint density at radius 3 is 2.65 bits per heavy atom. The van der Waals surface area contributed by atoms with Crippen molar-refractivity contribution in [2.24, 2.45) is 5.41 Å². The van der Waals surface area contributed by atoms with Crippen molar-refractivity contribution in [2.75, 3.05) is 45.9 Å². The summed E-state index contributed by atoms with van der Waals surface area (Å²) >= 11 is 0. The zero-order valence-corrected chi connectivity index (χ0v) is 15.2. The number of morpholine rings is 1. The summed E-state index contributed by atoms with van der Waals surface area (Å²) in [6, 6.07) is 0.299. The highest BCUT2D eigenvalue weighted by Crippen LogP contribution is 2.41. The number of aliphatic hydroxyl groups excluding tert-OH is 1. The van der Waals surface area contributed by atoms with Crippen LogP contribution in [0.5, 0.6) is 0 Å². The number of ether oxygens (including phenoxy) is 1. The lowest BCUT2D eigenvalue weighted by molar-refractivity contribution is -0.00616. The maximum Gasteiger partial charge on any atom is 0.0834 e. The molecule has 3 aliphatic rings. The molecule has 2 atom stereocenters. The van der Waals surface area contributed by atoms with Gasteiger partial charge in [-0.2, -0.15) is 0 Å². The third-order valence-corrected chi connectivity index (χ3v) is 6.21. The summed E-state index contributed by atoms with van der Waals surface area (Å²) in [6.45, 7) is 13.6. The first-order valence-electron chi connectivity index (χ1n) is 9.39. The normalized spacial score (nSPS) is 33.4. The predicted octanol–water partition coefficient (Wildman–Crippen LogP) is 2.28. The van der Waals surface area contributed by atoms with Gasteiger partial charge in [0.05, 0.1) is 19.3 Å². The Morgan fingerprint density at radius 1 is 1.22 bits per heavy atom. The van der Waals surface area contributed by atoms with Crippen LogP contribution in [0.25, 0.3) is 0 Å². The Kier molecular flexibility index (Phi) is 5.46. The molecule has 1 N–H and O–H groups in total. The Bertz CT molecular complexity index is 441. The van der Waals surface area contributed by atoms with E-state index in [-0.39, 0.29) is 6.10 Å². The van der Waals surface area contributed by atoms with Gasteiger partial charge in [-0.05, 0) is 38.0 Å². The lowest BCUT2D eigenvalue weighted by Crippen LogP contribution is -2.48. The van der Waals surface area contributed by atoms with Gasteiger partial charge < -0.3 is 9.84 Å². The van der Waals surface area contributed by atoms with Gasteiger partial charge in [0.15, 0.2) is 0 Å². The van der Waals surface area contributed by atoms with Crippen molar-refractivity contribution in [2.45, 2.75) is 58.6 Å². The summed E-state index contributed by atoms with van der Waals surface area (Å²) in [6.07, 6.45) is 4.89. The molecule has 0 amide bonds. The molecule has 132 valence electrons. The van der Waals surface area contributed by atoms with Crippen LogP contribution in [-0.4, -0.2) is 73.0 Å². The number of hydrogen-bond donors (Lipinski definition) is 1. The van der Waals surface area contributed by atoms with E-state index in [0.29, 0.717) is 11.5 Å². The molecule has 2 saturated heterocycles. The zero-order valence-electron chi connectivity index (χ0n) is 15.2. The van der Waals surface area contributed by atoms with E-state index in [4.69, 9.17) is 4.74 Å². The standard InChI is InChI=1S/C19H34N2O2/c1-15-5-4-7-19(2,3)16(15)6-8-20-13-17(18(22)14-20)21-9-11-23-12-10-21/h17-18,22H,4-14H2,1-3H3/t17-,18-/m0/s1. The first-order valence-corrected chi connectivity index (χ1v) is 9.39. The highest BCUT2D eigenvalue weighted by Gasteiger charge is 2.36. The van der Waals surface area contributed by atoms with Crippen LogP contribution < -0.4 is 0 Å². The topological polar surface area (TPSA) is 35.9 Å². The second-order valence-corrected chi connectivity index (χ2v) is 8.29. The Labute approximate surface area is 141 Å². The van der Waals surface area contributed by atoms with E-state index < -0.39 is 0 Å². The molecule has 4 nitrogen and oxygen atoms in total. The monoisotopic (exact) mass is 322 g/mol. The zero-order chi connectivity index (χ0) is 16.4. The van der Waals surface area contributed by atoms with Crippen molar-refractivity contribution < 1.29 is 9.84 Å². The number of hydrogen-bond acceptors (Lipinski definition) is 4. The van der Waals surface area contributed by atoms with Gasteiger partial charge in [0.25, 0.3) is 0 Å². The maximum atomic E-state index is 10.5. The van der Waals surface area contributed by atoms with Gasteiger partial charge in [-0.25, -0.2) is 0 Å². The van der Waals surface area contributed by atoms with Crippen LogP contribution in [0.3, 0.4) is 0 Å². The largest absolute Gasteiger partial charge is 0.390 e. The van der Waals surface area contributed by atoms with Crippen LogP contribution in [0, 0.1) is 5.41 Å². The molecule has 0 aromatic heterocycles. The molecule has 0 bridgehead atoms. The number of allylic oxidation sites excluding steroid dienone is 1. The van der Waals surface area contributed by atoms with Crippen molar-refractivity contribution in [1.29, 1.82) is 0 Å². The van der Waals surface area contributed by atoms with E-state index >= 15 is 0 Å². The number of nitrogens with zero attached hydrogens (tertiary/aromatic N) is 2.